The number of aliphatic hydroxyl groups is 1. The normalized spacial score (nSPS) is 19.0. The first-order chi connectivity index (χ1) is 66.6. The minimum atomic E-state index is -4.45. The molecule has 144 heavy (non-hydrogen) atoms. The van der Waals surface area contributed by atoms with E-state index in [2.05, 4.69) is 273 Å². The summed E-state index contributed by atoms with van der Waals surface area (Å²) in [6.45, 7) is 66.2. The number of nitrogens with zero attached hydrogens (tertiary/aromatic N) is 2. The average molecular weight is 2070 g/mol. The van der Waals surface area contributed by atoms with Crippen LogP contribution < -0.4 is 9.47 Å². The maximum absolute atomic E-state index is 13.5. The van der Waals surface area contributed by atoms with Gasteiger partial charge in [-0.25, -0.2) is 0 Å². The Morgan fingerprint density at radius 1 is 0.465 bits per heavy atom. The zero-order valence-electron chi connectivity index (χ0n) is 91.8. The molecule has 2 aromatic heterocycles. The van der Waals surface area contributed by atoms with E-state index in [0.717, 1.165) is 123 Å². The first kappa shape index (κ1) is 123. The van der Waals surface area contributed by atoms with E-state index in [1.807, 2.05) is 116 Å². The molecule has 2 saturated carbocycles. The van der Waals surface area contributed by atoms with Gasteiger partial charge in [0.15, 0.2) is 41.6 Å². The molecule has 6 aromatic carbocycles. The summed E-state index contributed by atoms with van der Waals surface area (Å²) in [6.07, 6.45) is 29.1. The fraction of sp³-hybridized carbons (Fsp3) is 0.550. The lowest BCUT2D eigenvalue weighted by Crippen LogP contribution is -2.45. The number of carboxylic acid groups (broad SMARTS) is 1. The second kappa shape index (κ2) is 53.7. The molecule has 0 radical (unpaired) electrons. The van der Waals surface area contributed by atoms with Crippen LogP contribution in [0.5, 0.6) is 11.5 Å². The van der Waals surface area contributed by atoms with Crippen molar-refractivity contribution in [2.75, 3.05) is 13.2 Å². The number of carbonyl (C=O) groups excluding carboxylic acids is 3. The van der Waals surface area contributed by atoms with Crippen LogP contribution in [0.2, 0.25) is 90.7 Å². The Balaban J connectivity index is 0.000000334. The van der Waals surface area contributed by atoms with Gasteiger partial charge in [0.2, 0.25) is 0 Å². The highest BCUT2D eigenvalue weighted by Gasteiger charge is 2.52. The molecule has 8 aromatic rings. The van der Waals surface area contributed by atoms with E-state index < -0.39 is 65.4 Å². The van der Waals surface area contributed by atoms with Gasteiger partial charge >= 0.3 is 18.1 Å². The summed E-state index contributed by atoms with van der Waals surface area (Å²) < 4.78 is 94.0. The number of esters is 1. The summed E-state index contributed by atoms with van der Waals surface area (Å²) in [5.41, 5.74) is 6.23. The molecule has 16 nitrogen and oxygen atoms in total. The Bertz CT molecular complexity index is 5500. The number of carbonyl (C=O) groups is 4. The Labute approximate surface area is 868 Å². The summed E-state index contributed by atoms with van der Waals surface area (Å²) in [5, 5.41) is 22.6. The number of unbranched alkanes of at least 4 members (excludes halogenated alkanes) is 2. The zero-order chi connectivity index (χ0) is 106. The molecule has 0 aliphatic heterocycles. The molecule has 24 heteroatoms. The van der Waals surface area contributed by atoms with E-state index in [1.54, 1.807) is 18.5 Å². The summed E-state index contributed by atoms with van der Waals surface area (Å²) in [7, 11) is -10.8. The van der Waals surface area contributed by atoms with E-state index in [0.29, 0.717) is 51.0 Å². The topological polar surface area (TPSA) is 208 Å². The molecular weight excluding hydrogens is 1890 g/mol. The van der Waals surface area contributed by atoms with Crippen molar-refractivity contribution in [1.29, 1.82) is 0 Å². The highest BCUT2D eigenvalue weighted by molar-refractivity contribution is 6.76. The van der Waals surface area contributed by atoms with Crippen molar-refractivity contribution < 1.29 is 78.9 Å². The van der Waals surface area contributed by atoms with Crippen LogP contribution in [0.15, 0.2) is 219 Å². The molecule has 792 valence electrons. The fourth-order valence-corrected chi connectivity index (χ4v) is 23.9. The third-order valence-electron chi connectivity index (χ3n) is 31.2. The van der Waals surface area contributed by atoms with E-state index >= 15 is 0 Å². The van der Waals surface area contributed by atoms with Crippen LogP contribution in [0, 0.1) is 36.5 Å². The molecule has 0 bridgehead atoms. The van der Waals surface area contributed by atoms with Gasteiger partial charge in [-0.2, -0.15) is 13.2 Å². The van der Waals surface area contributed by atoms with Crippen LogP contribution in [-0.4, -0.2) is 129 Å². The Hall–Kier alpha value is -8.39. The average Bonchev–Trinajstić information content (AvgIpc) is 1.61. The minimum Gasteiger partial charge on any atom is -0.491 e. The number of Topliss-reactive ketones (excluding diaryl/α,β-unsaturated/α-hetero) is 2. The molecule has 2 fully saturated rings. The third-order valence-corrected chi connectivity index (χ3v) is 53.7. The SMILES string of the molecule is C.CCC(C(=O)Cc1ccc2cnccc2c1)c1ccc(CO)cc1.CCC(C(=O)Cc1ccc2cnccc2c1)c1ccc(COC(=O)CCC/C=C\CC2C(O[Si](C)(C)C(C)(C)C)C[C@@H](O[Si](C)(C)C(C)(C)C)[C@@H]2/C=C/[C@H](COc2cccc(C)c2)O[Si](C)(C)C(C)(C)C)cc1.C[C@@H]1C[C@H](O[Si](C)(C)C(C)(C)C)[C@H](C/C=C\CCCC(=O)O)[C@H]1/C=C/[C@H](COc1cccc(C(F)(F)F)c1)O[Si](C)(C)C(C)(C)C. The Kier molecular flexibility index (Phi) is 45.7. The lowest BCUT2D eigenvalue weighted by atomic mass is 9.87. The van der Waals surface area contributed by atoms with Gasteiger partial charge in [0.05, 0.1) is 36.6 Å². The predicted octanol–water partition coefficient (Wildman–Crippen LogP) is 32.0. The maximum Gasteiger partial charge on any atom is 0.416 e. The molecule has 0 spiro atoms. The monoisotopic (exact) mass is 2070 g/mol. The molecule has 4 unspecified atom stereocenters. The number of ketones is 2. The number of alkyl halides is 3. The van der Waals surface area contributed by atoms with Crippen molar-refractivity contribution in [2.24, 2.45) is 29.6 Å². The number of ether oxygens (including phenoxy) is 3. The molecular formula is C120H177F3N2O14Si5. The number of allylic oxidation sites excluding steroid dienone is 5. The van der Waals surface area contributed by atoms with Crippen LogP contribution in [0.4, 0.5) is 13.2 Å². The van der Waals surface area contributed by atoms with Gasteiger partial charge in [-0.05, 0) is 278 Å². The van der Waals surface area contributed by atoms with E-state index in [9.17, 15) is 32.3 Å². The molecule has 2 aliphatic rings. The highest BCUT2D eigenvalue weighted by Crippen LogP contribution is 2.51. The van der Waals surface area contributed by atoms with Crippen LogP contribution in [0.3, 0.4) is 0 Å². The van der Waals surface area contributed by atoms with Gasteiger partial charge in [0.25, 0.3) is 0 Å². The van der Waals surface area contributed by atoms with Gasteiger partial charge in [0, 0.05) is 85.1 Å². The van der Waals surface area contributed by atoms with Gasteiger partial charge in [-0.3, -0.25) is 29.1 Å². The molecule has 0 amide bonds. The fourth-order valence-electron chi connectivity index (χ4n) is 17.3. The number of aryl methyl sites for hydroxylation is 1. The number of aliphatic carboxylic acids is 1. The number of pyridine rings is 2. The predicted molar refractivity (Wildman–Crippen MR) is 600 cm³/mol. The number of aliphatic hydroxyl groups excluding tert-OH is 1. The number of rotatable bonds is 45. The van der Waals surface area contributed by atoms with E-state index in [4.69, 9.17) is 46.6 Å². The first-order valence-electron chi connectivity index (χ1n) is 52.1. The van der Waals surface area contributed by atoms with E-state index in [-0.39, 0.29) is 142 Å². The van der Waals surface area contributed by atoms with Crippen LogP contribution in [0.25, 0.3) is 21.5 Å². The van der Waals surface area contributed by atoms with Crippen molar-refractivity contribution in [3.63, 3.8) is 0 Å². The molecule has 2 heterocycles. The number of halogens is 3. The van der Waals surface area contributed by atoms with Gasteiger partial charge in [-0.15, -0.1) is 0 Å². The number of aromatic nitrogens is 2. The van der Waals surface area contributed by atoms with Crippen molar-refractivity contribution in [1.82, 2.24) is 9.97 Å². The molecule has 10 rings (SSSR count). The van der Waals surface area contributed by atoms with Gasteiger partial charge in [0.1, 0.15) is 42.9 Å². The quantitative estimate of drug-likeness (QED) is 0.0157. The van der Waals surface area contributed by atoms with Gasteiger partial charge in [-0.1, -0.05) is 284 Å². The van der Waals surface area contributed by atoms with Crippen LogP contribution in [0.1, 0.15) is 265 Å². The number of hydrogen-bond donors (Lipinski definition) is 2. The van der Waals surface area contributed by atoms with E-state index in [1.165, 1.54) is 6.07 Å². The van der Waals surface area contributed by atoms with Crippen molar-refractivity contribution in [2.45, 2.75) is 381 Å². The molecule has 12 atom stereocenters. The van der Waals surface area contributed by atoms with Crippen molar-refractivity contribution in [3.8, 4) is 11.5 Å². The number of benzene rings is 6. The summed E-state index contributed by atoms with van der Waals surface area (Å²) >= 11 is 0. The van der Waals surface area contributed by atoms with Gasteiger partial charge < -0.3 is 46.6 Å². The van der Waals surface area contributed by atoms with Crippen LogP contribution in [-0.2, 0) is 78.3 Å². The molecule has 0 saturated heterocycles. The molecule has 2 aliphatic carbocycles. The van der Waals surface area contributed by atoms with Crippen molar-refractivity contribution in [3.05, 3.63) is 263 Å². The lowest BCUT2D eigenvalue weighted by molar-refractivity contribution is -0.145. The maximum atomic E-state index is 13.5. The minimum absolute atomic E-state index is 0. The second-order valence-corrected chi connectivity index (χ2v) is 71.2. The first-order valence-corrected chi connectivity index (χ1v) is 66.6. The largest absolute Gasteiger partial charge is 0.491 e. The highest BCUT2D eigenvalue weighted by atomic mass is 28.4. The number of carboxylic acids is 1. The Morgan fingerprint density at radius 3 is 1.29 bits per heavy atom. The summed E-state index contributed by atoms with van der Waals surface area (Å²) in [4.78, 5) is 58.5. The second-order valence-electron chi connectivity index (χ2n) is 47.5. The standard InChI is InChI=1S/C62H93NO7Si3.C36H59F3O5Si2.C21H21NO2.CH4/c1-18-53(56(64)40-47-30-33-50-42-63-37-36-49(50)39-47)48-31-28-46(29-32-48)43-67-59(65)27-22-20-19-21-26-54-55(58(70-73(16,17)62(9,10)11)41-57(54)69-72(14,15)61(6,7)8)35-34-52(68-71(12,13)60(3,4)5)44-66-51-25-23-24-45(2)38-51;1-26-23-32(44-46(10,11)35(5,6)7)31(19-14-12-13-15-20-33(40)41)30(26)22-21-29(43-45(8,9)34(2,3)4)25-42-28-18-16-17-27(24-28)36(37,38)39;1-2-20(17-6-3-15(14-23)4-7-17)21(24)12-16-5-8-19-13-22-10-9-18(19)11-16;/h19,21,23-25,28-39,42,52-55,57-58H,18,20,22,26-27,40-41,43-44H2,1-17H3;12,14,16-18,21-22,24,26,29-32H,13,15,19-20,23,25H2,1-11H3,(H,40,41);3-11,13,20,23H,2,12,14H2,1H3;1H4/b21-19-,35-34+;14-12-,22-21+;;/t52-,53?,54?,55-,57?,58-;26-,29-,30+,31-,32+;;/m11../s1. The molecule has 2 N–H and O–H groups in total. The Morgan fingerprint density at radius 2 is 0.868 bits per heavy atom. The summed E-state index contributed by atoms with van der Waals surface area (Å²) in [5.74, 6) is 1.22. The third kappa shape index (κ3) is 36.8. The van der Waals surface area contributed by atoms with Crippen molar-refractivity contribution >= 4 is 86.6 Å². The number of hydrogen-bond acceptors (Lipinski definition) is 15. The van der Waals surface area contributed by atoms with Crippen LogP contribution >= 0.6 is 0 Å². The lowest BCUT2D eigenvalue weighted by Gasteiger charge is -2.40. The zero-order valence-corrected chi connectivity index (χ0v) is 96.8. The summed E-state index contributed by atoms with van der Waals surface area (Å²) in [6, 6.07) is 45.0. The number of fused-ring (bicyclic) bond motifs is 2. The smallest absolute Gasteiger partial charge is 0.416 e.